The summed E-state index contributed by atoms with van der Waals surface area (Å²) in [6.07, 6.45) is 0. The van der Waals surface area contributed by atoms with Gasteiger partial charge in [-0.05, 0) is 74.4 Å². The maximum Gasteiger partial charge on any atom is 0.261 e. The first-order valence-electron chi connectivity index (χ1n) is 10.9. The van der Waals surface area contributed by atoms with Crippen LogP contribution in [0.25, 0.3) is 0 Å². The predicted octanol–water partition coefficient (Wildman–Crippen LogP) is 4.49. The molecule has 168 valence electrons. The SMILES string of the molecule is Cc1cc(C)c(C)c(OCC(=O)N(Cc2ccccc2C)C(C)C(=O)NCC(C)C)c1. The Kier molecular flexibility index (Phi) is 8.66. The second-order valence-corrected chi connectivity index (χ2v) is 8.76. The fraction of sp³-hybridized carbons (Fsp3) is 0.462. The smallest absolute Gasteiger partial charge is 0.261 e. The number of aryl methyl sites for hydroxylation is 3. The molecule has 5 heteroatoms. The predicted molar refractivity (Wildman–Crippen MR) is 125 cm³/mol. The summed E-state index contributed by atoms with van der Waals surface area (Å²) in [6, 6.07) is 11.4. The molecule has 0 aliphatic rings. The molecule has 0 aliphatic heterocycles. The van der Waals surface area contributed by atoms with Crippen molar-refractivity contribution in [1.82, 2.24) is 10.2 Å². The molecule has 0 spiro atoms. The van der Waals surface area contributed by atoms with E-state index in [2.05, 4.69) is 11.4 Å². The lowest BCUT2D eigenvalue weighted by Gasteiger charge is -2.29. The van der Waals surface area contributed by atoms with Crippen molar-refractivity contribution >= 4 is 11.8 Å². The molecule has 0 saturated carbocycles. The van der Waals surface area contributed by atoms with E-state index in [-0.39, 0.29) is 18.4 Å². The van der Waals surface area contributed by atoms with Crippen LogP contribution in [0.3, 0.4) is 0 Å². The highest BCUT2D eigenvalue weighted by Crippen LogP contribution is 2.23. The zero-order chi connectivity index (χ0) is 23.1. The van der Waals surface area contributed by atoms with Crippen LogP contribution in [0.4, 0.5) is 0 Å². The quantitative estimate of drug-likeness (QED) is 0.645. The molecule has 1 unspecified atom stereocenters. The van der Waals surface area contributed by atoms with Crippen LogP contribution in [-0.4, -0.2) is 35.9 Å². The molecule has 0 aliphatic carbocycles. The number of hydrogen-bond acceptors (Lipinski definition) is 3. The van der Waals surface area contributed by atoms with Crippen LogP contribution in [-0.2, 0) is 16.1 Å². The van der Waals surface area contributed by atoms with Gasteiger partial charge in [-0.3, -0.25) is 9.59 Å². The molecule has 2 aromatic carbocycles. The number of rotatable bonds is 9. The number of nitrogens with zero attached hydrogens (tertiary/aromatic N) is 1. The first-order valence-corrected chi connectivity index (χ1v) is 10.9. The van der Waals surface area contributed by atoms with Crippen LogP contribution >= 0.6 is 0 Å². The molecule has 1 N–H and O–H groups in total. The summed E-state index contributed by atoms with van der Waals surface area (Å²) in [5.74, 6) is 0.679. The van der Waals surface area contributed by atoms with E-state index < -0.39 is 6.04 Å². The van der Waals surface area contributed by atoms with Crippen LogP contribution in [0.5, 0.6) is 5.75 Å². The fourth-order valence-corrected chi connectivity index (χ4v) is 3.38. The summed E-state index contributed by atoms with van der Waals surface area (Å²) in [5, 5.41) is 2.94. The first-order chi connectivity index (χ1) is 14.6. The summed E-state index contributed by atoms with van der Waals surface area (Å²) in [5.41, 5.74) is 5.33. The topological polar surface area (TPSA) is 58.6 Å². The molecule has 0 saturated heterocycles. The van der Waals surface area contributed by atoms with Gasteiger partial charge in [0.25, 0.3) is 5.91 Å². The summed E-state index contributed by atoms with van der Waals surface area (Å²) in [7, 11) is 0. The minimum absolute atomic E-state index is 0.114. The van der Waals surface area contributed by atoms with Gasteiger partial charge in [-0.2, -0.15) is 0 Å². The molecule has 0 aromatic heterocycles. The average molecular weight is 425 g/mol. The minimum atomic E-state index is -0.602. The highest BCUT2D eigenvalue weighted by atomic mass is 16.5. The highest BCUT2D eigenvalue weighted by Gasteiger charge is 2.27. The number of amides is 2. The van der Waals surface area contributed by atoms with Gasteiger partial charge in [0.05, 0.1) is 0 Å². The Bertz CT molecular complexity index is 921. The van der Waals surface area contributed by atoms with Crippen LogP contribution in [0, 0.1) is 33.6 Å². The molecule has 2 amide bonds. The molecule has 31 heavy (non-hydrogen) atoms. The summed E-state index contributed by atoms with van der Waals surface area (Å²) < 4.78 is 5.91. The molecule has 0 heterocycles. The Labute approximate surface area is 186 Å². The van der Waals surface area contributed by atoms with Gasteiger partial charge < -0.3 is 15.0 Å². The van der Waals surface area contributed by atoms with Gasteiger partial charge in [-0.1, -0.05) is 44.2 Å². The molecule has 5 nitrogen and oxygen atoms in total. The van der Waals surface area contributed by atoms with Crippen LogP contribution in [0.2, 0.25) is 0 Å². The maximum atomic E-state index is 13.2. The van der Waals surface area contributed by atoms with Crippen molar-refractivity contribution in [2.75, 3.05) is 13.2 Å². The number of carbonyl (C=O) groups excluding carboxylic acids is 2. The average Bonchev–Trinajstić information content (AvgIpc) is 2.72. The molecular weight excluding hydrogens is 388 g/mol. The van der Waals surface area contributed by atoms with Gasteiger partial charge >= 0.3 is 0 Å². The third-order valence-electron chi connectivity index (χ3n) is 5.57. The largest absolute Gasteiger partial charge is 0.483 e. The Morgan fingerprint density at radius 3 is 2.32 bits per heavy atom. The van der Waals surface area contributed by atoms with Crippen molar-refractivity contribution in [2.24, 2.45) is 5.92 Å². The van der Waals surface area contributed by atoms with Gasteiger partial charge in [-0.25, -0.2) is 0 Å². The van der Waals surface area contributed by atoms with Crippen molar-refractivity contribution < 1.29 is 14.3 Å². The van der Waals surface area contributed by atoms with E-state index in [0.29, 0.717) is 24.8 Å². The van der Waals surface area contributed by atoms with Crippen LogP contribution in [0.15, 0.2) is 36.4 Å². The van der Waals surface area contributed by atoms with E-state index in [0.717, 1.165) is 27.8 Å². The third-order valence-corrected chi connectivity index (χ3v) is 5.57. The van der Waals surface area contributed by atoms with E-state index >= 15 is 0 Å². The molecule has 1 atom stereocenters. The number of hydrogen-bond donors (Lipinski definition) is 1. The van der Waals surface area contributed by atoms with Crippen molar-refractivity contribution in [3.63, 3.8) is 0 Å². The molecule has 2 aromatic rings. The summed E-state index contributed by atoms with van der Waals surface area (Å²) >= 11 is 0. The Morgan fingerprint density at radius 1 is 1.00 bits per heavy atom. The van der Waals surface area contributed by atoms with Crippen LogP contribution in [0.1, 0.15) is 48.6 Å². The third kappa shape index (κ3) is 6.84. The van der Waals surface area contributed by atoms with Crippen molar-refractivity contribution in [3.8, 4) is 5.75 Å². The van der Waals surface area contributed by atoms with Gasteiger partial charge in [0.15, 0.2) is 6.61 Å². The monoisotopic (exact) mass is 424 g/mol. The first kappa shape index (κ1) is 24.4. The Balaban J connectivity index is 2.21. The van der Waals surface area contributed by atoms with Crippen LogP contribution < -0.4 is 10.1 Å². The standard InChI is InChI=1S/C26H36N2O3/c1-17(2)14-27-26(30)22(7)28(15-23-11-9-8-10-19(23)4)25(29)16-31-24-13-18(3)12-20(5)21(24)6/h8-13,17,22H,14-16H2,1-7H3,(H,27,30). The number of benzene rings is 2. The van der Waals surface area contributed by atoms with E-state index in [1.54, 1.807) is 11.8 Å². The van der Waals surface area contributed by atoms with E-state index in [1.807, 2.05) is 71.9 Å². The molecule has 0 fully saturated rings. The van der Waals surface area contributed by atoms with Crippen molar-refractivity contribution in [1.29, 1.82) is 0 Å². The zero-order valence-electron chi connectivity index (χ0n) is 19.9. The number of ether oxygens (including phenoxy) is 1. The normalized spacial score (nSPS) is 11.9. The second-order valence-electron chi connectivity index (χ2n) is 8.76. The van der Waals surface area contributed by atoms with E-state index in [4.69, 9.17) is 4.74 Å². The maximum absolute atomic E-state index is 13.2. The molecular formula is C26H36N2O3. The van der Waals surface area contributed by atoms with E-state index in [1.165, 1.54) is 0 Å². The highest BCUT2D eigenvalue weighted by molar-refractivity contribution is 5.88. The zero-order valence-corrected chi connectivity index (χ0v) is 19.9. The minimum Gasteiger partial charge on any atom is -0.483 e. The van der Waals surface area contributed by atoms with Gasteiger partial charge in [0.2, 0.25) is 5.91 Å². The summed E-state index contributed by atoms with van der Waals surface area (Å²) in [6.45, 7) is 14.7. The lowest BCUT2D eigenvalue weighted by atomic mass is 10.1. The summed E-state index contributed by atoms with van der Waals surface area (Å²) in [4.78, 5) is 27.6. The van der Waals surface area contributed by atoms with Gasteiger partial charge in [0.1, 0.15) is 11.8 Å². The fourth-order valence-electron chi connectivity index (χ4n) is 3.38. The van der Waals surface area contributed by atoms with E-state index in [9.17, 15) is 9.59 Å². The second kappa shape index (κ2) is 11.0. The number of nitrogens with one attached hydrogen (secondary N) is 1. The molecule has 0 bridgehead atoms. The molecule has 2 rings (SSSR count). The van der Waals surface area contributed by atoms with Gasteiger partial charge in [-0.15, -0.1) is 0 Å². The lowest BCUT2D eigenvalue weighted by Crippen LogP contribution is -2.49. The Morgan fingerprint density at radius 2 is 1.68 bits per heavy atom. The molecule has 0 radical (unpaired) electrons. The number of carbonyl (C=O) groups is 2. The van der Waals surface area contributed by atoms with Crippen molar-refractivity contribution in [2.45, 2.75) is 61.1 Å². The Hall–Kier alpha value is -2.82. The van der Waals surface area contributed by atoms with Crippen molar-refractivity contribution in [3.05, 3.63) is 64.2 Å². The lowest BCUT2D eigenvalue weighted by molar-refractivity contribution is -0.142. The van der Waals surface area contributed by atoms with Gasteiger partial charge in [0, 0.05) is 13.1 Å².